The lowest BCUT2D eigenvalue weighted by molar-refractivity contribution is 0.0303. The predicted octanol–water partition coefficient (Wildman–Crippen LogP) is 6.91. The van der Waals surface area contributed by atoms with Crippen molar-refractivity contribution in [1.82, 2.24) is 36.6 Å². The van der Waals surface area contributed by atoms with Crippen molar-refractivity contribution in [3.8, 4) is 0 Å². The summed E-state index contributed by atoms with van der Waals surface area (Å²) in [7, 11) is -7.19. The number of anilines is 3. The van der Waals surface area contributed by atoms with Crippen LogP contribution in [0.3, 0.4) is 0 Å². The number of benzene rings is 6. The van der Waals surface area contributed by atoms with Gasteiger partial charge in [-0.25, -0.2) is 61.6 Å². The molecule has 0 radical (unpaired) electrons. The average molecular weight is 1360 g/mol. The van der Waals surface area contributed by atoms with Crippen LogP contribution in [0.4, 0.5) is 43.4 Å². The SMILES string of the molecule is Cn1ccc2cc(S(=O)(=O)N3CC(O)C3)cc(C(=O)Nc3cc(F)c(F)c(F)c3)c21.Cn1cnc2cc(C(=O)Nc3ccc(F)c(Cl)c3)cc(S(=O)(=O)N3CC(O)C3)c21.Cn1cnc2cc(C(=O)Nc3ccc(F)c(Cl)c3)cc(S(=O)(=O)N3CCC(O)C(F)C3)c21. The van der Waals surface area contributed by atoms with E-state index in [4.69, 9.17) is 23.2 Å². The molecule has 6 heterocycles. The first-order valence-electron chi connectivity index (χ1n) is 27.0. The summed E-state index contributed by atoms with van der Waals surface area (Å²) in [5.41, 5.74) is 1.76. The van der Waals surface area contributed by atoms with Crippen molar-refractivity contribution in [1.29, 1.82) is 0 Å². The third kappa shape index (κ3) is 13.4. The maximum Gasteiger partial charge on any atom is 0.257 e. The van der Waals surface area contributed by atoms with Gasteiger partial charge in [0.25, 0.3) is 17.7 Å². The summed E-state index contributed by atoms with van der Waals surface area (Å²) in [6.07, 6.45) is 0.0583. The van der Waals surface area contributed by atoms with Gasteiger partial charge in [-0.3, -0.25) is 14.4 Å². The Labute approximate surface area is 523 Å². The van der Waals surface area contributed by atoms with Crippen LogP contribution in [-0.4, -0.2) is 159 Å². The van der Waals surface area contributed by atoms with Crippen LogP contribution >= 0.6 is 23.2 Å². The first-order valence-corrected chi connectivity index (χ1v) is 32.1. The van der Waals surface area contributed by atoms with Crippen molar-refractivity contribution < 1.29 is 81.3 Å². The number of carbonyl (C=O) groups excluding carboxylic acids is 3. The normalized spacial score (nSPS) is 17.0. The van der Waals surface area contributed by atoms with Crippen LogP contribution in [0.2, 0.25) is 10.0 Å². The number of alkyl halides is 1. The number of carbonyl (C=O) groups is 3. The van der Waals surface area contributed by atoms with Crippen molar-refractivity contribution in [2.75, 3.05) is 55.2 Å². The first kappa shape index (κ1) is 65.9. The second-order valence-corrected chi connectivity index (χ2v) is 27.9. The zero-order chi connectivity index (χ0) is 65.9. The fourth-order valence-electron chi connectivity index (χ4n) is 10.0. The van der Waals surface area contributed by atoms with Gasteiger partial charge in [-0.1, -0.05) is 23.2 Å². The van der Waals surface area contributed by atoms with E-state index < -0.39 is 108 Å². The zero-order valence-corrected chi connectivity index (χ0v) is 51.5. The van der Waals surface area contributed by atoms with Gasteiger partial charge in [0.1, 0.15) is 27.6 Å². The Morgan fingerprint density at radius 1 is 0.527 bits per heavy atom. The molecule has 23 nitrogen and oxygen atoms in total. The van der Waals surface area contributed by atoms with Gasteiger partial charge < -0.3 is 45.0 Å². The van der Waals surface area contributed by atoms with Crippen LogP contribution < -0.4 is 16.0 Å². The number of aliphatic hydroxyl groups is 3. The van der Waals surface area contributed by atoms with E-state index in [1.807, 2.05) is 0 Å². The molecule has 6 N–H and O–H groups in total. The van der Waals surface area contributed by atoms with Crippen LogP contribution in [0.5, 0.6) is 0 Å². The number of hydrogen-bond acceptors (Lipinski definition) is 14. The number of sulfonamides is 3. The number of imidazole rings is 2. The molecule has 91 heavy (non-hydrogen) atoms. The first-order chi connectivity index (χ1) is 42.8. The Kier molecular flexibility index (Phi) is 18.5. The number of rotatable bonds is 12. The fraction of sp³-hybridized carbons (Fsp3) is 0.246. The number of halogens is 8. The highest BCUT2D eigenvalue weighted by molar-refractivity contribution is 7.90. The number of amides is 3. The van der Waals surface area contributed by atoms with E-state index in [0.717, 1.165) is 31.1 Å². The number of β-amino-alcohol motifs (C(OH)–C–C–N with tert-alkyl or cyclic N) is 2. The third-order valence-electron chi connectivity index (χ3n) is 14.9. The molecule has 0 bridgehead atoms. The van der Waals surface area contributed by atoms with Gasteiger partial charge in [-0.05, 0) is 85.3 Å². The van der Waals surface area contributed by atoms with Gasteiger partial charge in [0.2, 0.25) is 30.1 Å². The van der Waals surface area contributed by atoms with Crippen LogP contribution in [0.1, 0.15) is 37.5 Å². The smallest absolute Gasteiger partial charge is 0.257 e. The zero-order valence-electron chi connectivity index (χ0n) is 47.5. The standard InChI is InChI=1S/C20H19ClF2N4O4S.C19H16F3N3O4S.C18H16ClFN4O4S/c1-26-10-24-16-6-11(20(29)25-12-2-3-14(22)13(21)8-12)7-18(19(16)26)32(30,31)27-5-4-17(28)15(23)9-27;1-24-3-2-10-4-13(30(28,29)25-8-12(26)9-25)7-14(18(10)24)19(27)23-11-5-15(20)17(22)16(21)6-11;1-23-9-21-15-4-10(18(26)22-11-2-3-14(20)13(19)6-11)5-16(17(15)23)29(27,28)24-7-12(25)8-24/h2-3,6-8,10,15,17,28H,4-5,9H2,1H3,(H,25,29);2-7,12,26H,8-9H2,1H3,(H,23,27);2-6,9,12,25H,7-8H2,1H3,(H,22,26). The molecule has 3 aliphatic rings. The Morgan fingerprint density at radius 2 is 0.989 bits per heavy atom. The van der Waals surface area contributed by atoms with E-state index in [1.165, 1.54) is 71.8 Å². The molecular weight excluding hydrogens is 1310 g/mol. The number of nitrogens with zero attached hydrogens (tertiary/aromatic N) is 8. The Bertz CT molecular complexity index is 4760. The lowest BCUT2D eigenvalue weighted by atomic mass is 10.1. The molecule has 480 valence electrons. The van der Waals surface area contributed by atoms with E-state index in [9.17, 15) is 81.3 Å². The predicted molar refractivity (Wildman–Crippen MR) is 321 cm³/mol. The van der Waals surface area contributed by atoms with Gasteiger partial charge in [0, 0.05) is 112 Å². The van der Waals surface area contributed by atoms with E-state index in [0.29, 0.717) is 34.1 Å². The number of aliphatic hydroxyl groups excluding tert-OH is 3. The van der Waals surface area contributed by atoms with E-state index in [-0.39, 0.29) is 109 Å². The maximum absolute atomic E-state index is 14.0. The molecule has 0 saturated carbocycles. The molecule has 3 amide bonds. The quantitative estimate of drug-likeness (QED) is 0.0535. The minimum atomic E-state index is -4.21. The lowest BCUT2D eigenvalue weighted by Gasteiger charge is -2.34. The molecule has 3 aliphatic heterocycles. The number of aromatic nitrogens is 5. The Hall–Kier alpha value is -8.02. The average Bonchev–Trinajstić information content (AvgIpc) is 1.79. The summed E-state index contributed by atoms with van der Waals surface area (Å²) in [6, 6.07) is 18.1. The molecule has 2 atom stereocenters. The highest BCUT2D eigenvalue weighted by Crippen LogP contribution is 2.34. The maximum atomic E-state index is 14.0. The fourth-order valence-corrected chi connectivity index (χ4v) is 15.5. The summed E-state index contributed by atoms with van der Waals surface area (Å²) in [5.74, 6) is -7.95. The molecule has 0 aliphatic carbocycles. The monoisotopic (exact) mass is 1360 g/mol. The minimum Gasteiger partial charge on any atom is -0.390 e. The van der Waals surface area contributed by atoms with Crippen LogP contribution in [0, 0.1) is 29.1 Å². The summed E-state index contributed by atoms with van der Waals surface area (Å²) in [4.78, 5) is 46.3. The van der Waals surface area contributed by atoms with Gasteiger partial charge in [0.05, 0.1) is 79.1 Å². The molecule has 3 saturated heterocycles. The van der Waals surface area contributed by atoms with Gasteiger partial charge in [-0.2, -0.15) is 12.9 Å². The second kappa shape index (κ2) is 25.6. The number of nitrogens with one attached hydrogen (secondary N) is 3. The molecule has 2 unspecified atom stereocenters. The molecule has 3 fully saturated rings. The largest absolute Gasteiger partial charge is 0.390 e. The van der Waals surface area contributed by atoms with E-state index in [2.05, 4.69) is 25.9 Å². The highest BCUT2D eigenvalue weighted by Gasteiger charge is 2.40. The summed E-state index contributed by atoms with van der Waals surface area (Å²) in [5, 5.41) is 36.0. The van der Waals surface area contributed by atoms with Crippen LogP contribution in [0.15, 0.2) is 125 Å². The topological polar surface area (TPSA) is 301 Å². The molecule has 12 rings (SSSR count). The van der Waals surface area contributed by atoms with Crippen LogP contribution in [-0.2, 0) is 51.2 Å². The van der Waals surface area contributed by atoms with Crippen LogP contribution in [0.25, 0.3) is 33.0 Å². The van der Waals surface area contributed by atoms with E-state index >= 15 is 0 Å². The van der Waals surface area contributed by atoms with E-state index in [1.54, 1.807) is 42.5 Å². The molecule has 34 heteroatoms. The minimum absolute atomic E-state index is 0.00776. The molecular formula is C57H51Cl2F6N11O12S3. The lowest BCUT2D eigenvalue weighted by Crippen LogP contribution is -2.53. The van der Waals surface area contributed by atoms with Crippen molar-refractivity contribution >= 4 is 121 Å². The third-order valence-corrected chi connectivity index (χ3v) is 21.0. The second-order valence-electron chi connectivity index (χ2n) is 21.3. The summed E-state index contributed by atoms with van der Waals surface area (Å²) >= 11 is 11.5. The van der Waals surface area contributed by atoms with Crippen molar-refractivity contribution in [3.63, 3.8) is 0 Å². The van der Waals surface area contributed by atoms with Crippen molar-refractivity contribution in [3.05, 3.63) is 166 Å². The molecule has 3 aromatic heterocycles. The van der Waals surface area contributed by atoms with Gasteiger partial charge >= 0.3 is 0 Å². The molecule has 6 aromatic carbocycles. The van der Waals surface area contributed by atoms with Crippen molar-refractivity contribution in [2.24, 2.45) is 21.1 Å². The number of hydrogen-bond donors (Lipinski definition) is 6. The van der Waals surface area contributed by atoms with Crippen molar-refractivity contribution in [2.45, 2.75) is 45.6 Å². The number of piperidine rings is 1. The van der Waals surface area contributed by atoms with Gasteiger partial charge in [0.15, 0.2) is 17.5 Å². The summed E-state index contributed by atoms with van der Waals surface area (Å²) in [6.45, 7) is -0.672. The molecule has 0 spiro atoms. The Morgan fingerprint density at radius 3 is 1.45 bits per heavy atom. The highest BCUT2D eigenvalue weighted by atomic mass is 35.5. The molecule has 9 aromatic rings. The Balaban J connectivity index is 0.000000150. The summed E-state index contributed by atoms with van der Waals surface area (Å²) < 4.78 is 167. The van der Waals surface area contributed by atoms with Gasteiger partial charge in [-0.15, -0.1) is 0 Å². The number of aryl methyl sites for hydroxylation is 3. The number of fused-ring (bicyclic) bond motifs is 3.